The summed E-state index contributed by atoms with van der Waals surface area (Å²) in [6.45, 7) is 0.652. The maximum absolute atomic E-state index is 11.3. The summed E-state index contributed by atoms with van der Waals surface area (Å²) in [6, 6.07) is 20.8. The Hall–Kier alpha value is -1.36. The van der Waals surface area contributed by atoms with Crippen LogP contribution in [-0.2, 0) is 4.74 Å². The maximum atomic E-state index is 11.3. The molecule has 2 aromatic carbocycles. The molecule has 0 aliphatic carbocycles. The summed E-state index contributed by atoms with van der Waals surface area (Å²) in [5, 5.41) is 13.8. The average molecular weight is 296 g/mol. The fraction of sp³-hybridized carbons (Fsp3) is 0.294. The van der Waals surface area contributed by atoms with Crippen molar-refractivity contribution in [2.75, 3.05) is 6.61 Å². The van der Waals surface area contributed by atoms with Gasteiger partial charge in [-0.2, -0.15) is 0 Å². The Labute approximate surface area is 128 Å². The maximum Gasteiger partial charge on any atom is 0.150 e. The molecule has 1 unspecified atom stereocenters. The highest BCUT2D eigenvalue weighted by molar-refractivity contribution is 7.32. The smallest absolute Gasteiger partial charge is 0.150 e. The standard InChI is InChI=1S/C17H21BO2Si/c18-21(15-9-3-1-4-10-15,16-11-5-2-6-12-16)17(19)13-7-8-14-20-17/h1-6,9-12,19H,7-8,13-14,18H2. The zero-order valence-electron chi connectivity index (χ0n) is 12.5. The number of hydrogen-bond donors (Lipinski definition) is 1. The molecule has 1 saturated heterocycles. The minimum atomic E-state index is -2.39. The fourth-order valence-corrected chi connectivity index (χ4v) is 7.36. The van der Waals surface area contributed by atoms with E-state index in [1.165, 1.54) is 10.4 Å². The van der Waals surface area contributed by atoms with Crippen molar-refractivity contribution >= 4 is 25.8 Å². The van der Waals surface area contributed by atoms with Gasteiger partial charge in [0.05, 0.1) is 0 Å². The second-order valence-corrected chi connectivity index (χ2v) is 10.1. The third-order valence-electron chi connectivity index (χ3n) is 4.73. The molecule has 21 heavy (non-hydrogen) atoms. The first-order valence-electron chi connectivity index (χ1n) is 7.64. The van der Waals surface area contributed by atoms with Gasteiger partial charge in [-0.15, -0.1) is 0 Å². The molecule has 0 amide bonds. The van der Waals surface area contributed by atoms with Crippen molar-refractivity contribution in [3.05, 3.63) is 60.7 Å². The molecule has 1 aliphatic rings. The van der Waals surface area contributed by atoms with Gasteiger partial charge in [-0.1, -0.05) is 71.0 Å². The molecule has 108 valence electrons. The van der Waals surface area contributed by atoms with E-state index < -0.39 is 13.4 Å². The van der Waals surface area contributed by atoms with Gasteiger partial charge in [-0.3, -0.25) is 0 Å². The average Bonchev–Trinajstić information content (AvgIpc) is 2.56. The van der Waals surface area contributed by atoms with Gasteiger partial charge in [-0.05, 0) is 19.3 Å². The first-order chi connectivity index (χ1) is 10.2. The number of rotatable bonds is 3. The lowest BCUT2D eigenvalue weighted by molar-refractivity contribution is -0.166. The largest absolute Gasteiger partial charge is 0.369 e. The van der Waals surface area contributed by atoms with Crippen LogP contribution in [0.5, 0.6) is 0 Å². The quantitative estimate of drug-likeness (QED) is 0.849. The highest BCUT2D eigenvalue weighted by Crippen LogP contribution is 2.29. The summed E-state index contributed by atoms with van der Waals surface area (Å²) in [5.41, 5.74) is -1.02. The van der Waals surface area contributed by atoms with Gasteiger partial charge in [0, 0.05) is 6.61 Å². The zero-order chi connectivity index (χ0) is 14.8. The lowest BCUT2D eigenvalue weighted by Crippen LogP contribution is -2.76. The lowest BCUT2D eigenvalue weighted by atomic mass is 10.2. The van der Waals surface area contributed by atoms with E-state index in [1.54, 1.807) is 0 Å². The van der Waals surface area contributed by atoms with Gasteiger partial charge in [0.2, 0.25) is 0 Å². The predicted octanol–water partition coefficient (Wildman–Crippen LogP) is 0.808. The molecule has 2 aromatic rings. The van der Waals surface area contributed by atoms with Crippen LogP contribution in [0.25, 0.3) is 0 Å². The molecular formula is C17H21BO2Si. The van der Waals surface area contributed by atoms with E-state index >= 15 is 0 Å². The highest BCUT2D eigenvalue weighted by Gasteiger charge is 2.52. The predicted molar refractivity (Wildman–Crippen MR) is 91.2 cm³/mol. The zero-order valence-corrected chi connectivity index (χ0v) is 13.5. The van der Waals surface area contributed by atoms with Crippen LogP contribution >= 0.6 is 0 Å². The van der Waals surface area contributed by atoms with E-state index in [9.17, 15) is 5.11 Å². The molecule has 0 spiro atoms. The Balaban J connectivity index is 2.15. The van der Waals surface area contributed by atoms with Gasteiger partial charge >= 0.3 is 0 Å². The van der Waals surface area contributed by atoms with Crippen molar-refractivity contribution in [2.24, 2.45) is 0 Å². The second kappa shape index (κ2) is 5.79. The first kappa shape index (κ1) is 14.6. The molecule has 0 aromatic heterocycles. The summed E-state index contributed by atoms with van der Waals surface area (Å²) in [6.07, 6.45) is 2.79. The lowest BCUT2D eigenvalue weighted by Gasteiger charge is -2.46. The molecule has 2 nitrogen and oxygen atoms in total. The van der Waals surface area contributed by atoms with Crippen molar-refractivity contribution in [1.82, 2.24) is 0 Å². The fourth-order valence-electron chi connectivity index (χ4n) is 3.33. The molecular weight excluding hydrogens is 275 g/mol. The normalized spacial score (nSPS) is 22.9. The molecule has 4 heteroatoms. The molecule has 0 bridgehead atoms. The summed E-state index contributed by atoms with van der Waals surface area (Å²) in [5.74, 6) is 0. The van der Waals surface area contributed by atoms with E-state index in [0.29, 0.717) is 6.61 Å². The van der Waals surface area contributed by atoms with Crippen LogP contribution in [0, 0.1) is 0 Å². The van der Waals surface area contributed by atoms with Crippen LogP contribution in [0.4, 0.5) is 0 Å². The van der Waals surface area contributed by atoms with Gasteiger partial charge in [0.25, 0.3) is 0 Å². The number of ether oxygens (including phenoxy) is 1. The summed E-state index contributed by atoms with van der Waals surface area (Å²) in [4.78, 5) is 0. The number of hydrogen-bond acceptors (Lipinski definition) is 2. The Morgan fingerprint density at radius 1 is 0.905 bits per heavy atom. The Morgan fingerprint density at radius 2 is 1.43 bits per heavy atom. The SMILES string of the molecule is B[Si](c1ccccc1)(c1ccccc1)C1(O)CCCCO1. The summed E-state index contributed by atoms with van der Waals surface area (Å²) in [7, 11) is -0.166. The van der Waals surface area contributed by atoms with Crippen LogP contribution in [-0.4, -0.2) is 32.5 Å². The second-order valence-electron chi connectivity index (χ2n) is 5.95. The first-order valence-corrected chi connectivity index (χ1v) is 10.1. The molecule has 1 atom stereocenters. The van der Waals surface area contributed by atoms with Crippen molar-refractivity contribution in [2.45, 2.75) is 24.7 Å². The van der Waals surface area contributed by atoms with Gasteiger partial charge in [0.15, 0.2) is 5.41 Å². The molecule has 1 aliphatic heterocycles. The van der Waals surface area contributed by atoms with E-state index in [4.69, 9.17) is 4.74 Å². The molecule has 3 rings (SSSR count). The van der Waals surface area contributed by atoms with Crippen LogP contribution in [0.3, 0.4) is 0 Å². The monoisotopic (exact) mass is 296 g/mol. The van der Waals surface area contributed by atoms with Crippen LogP contribution in [0.1, 0.15) is 19.3 Å². The van der Waals surface area contributed by atoms with Crippen LogP contribution < -0.4 is 10.4 Å². The van der Waals surface area contributed by atoms with E-state index in [1.807, 2.05) is 12.1 Å². The Morgan fingerprint density at radius 3 is 1.86 bits per heavy atom. The number of aliphatic hydroxyl groups is 1. The van der Waals surface area contributed by atoms with E-state index in [-0.39, 0.29) is 0 Å². The topological polar surface area (TPSA) is 29.5 Å². The van der Waals surface area contributed by atoms with Crippen molar-refractivity contribution in [3.63, 3.8) is 0 Å². The summed E-state index contributed by atoms with van der Waals surface area (Å²) >= 11 is 0. The third-order valence-corrected chi connectivity index (χ3v) is 9.67. The van der Waals surface area contributed by atoms with Crippen molar-refractivity contribution < 1.29 is 9.84 Å². The Bertz CT molecular complexity index is 543. The number of benzene rings is 2. The third kappa shape index (κ3) is 2.48. The van der Waals surface area contributed by atoms with Crippen molar-refractivity contribution in [3.8, 4) is 0 Å². The van der Waals surface area contributed by atoms with E-state index in [0.717, 1.165) is 19.3 Å². The van der Waals surface area contributed by atoms with E-state index in [2.05, 4.69) is 56.0 Å². The van der Waals surface area contributed by atoms with Gasteiger partial charge < -0.3 is 9.84 Å². The molecule has 1 N–H and O–H groups in total. The van der Waals surface area contributed by atoms with Crippen LogP contribution in [0.2, 0.25) is 0 Å². The van der Waals surface area contributed by atoms with Gasteiger partial charge in [-0.25, -0.2) is 0 Å². The molecule has 0 saturated carbocycles. The van der Waals surface area contributed by atoms with Gasteiger partial charge in [0.1, 0.15) is 15.4 Å². The molecule has 1 fully saturated rings. The van der Waals surface area contributed by atoms with Crippen molar-refractivity contribution in [1.29, 1.82) is 0 Å². The molecule has 0 radical (unpaired) electrons. The highest BCUT2D eigenvalue weighted by atomic mass is 28.3. The summed E-state index contributed by atoms with van der Waals surface area (Å²) < 4.78 is 5.96. The Kier molecular flexibility index (Phi) is 4.02. The molecule has 1 heterocycles. The van der Waals surface area contributed by atoms with Crippen LogP contribution in [0.15, 0.2) is 60.7 Å². The minimum Gasteiger partial charge on any atom is -0.369 e. The minimum absolute atomic E-state index is 0.652.